The van der Waals surface area contributed by atoms with Crippen LogP contribution in [0.15, 0.2) is 29.2 Å². The van der Waals surface area contributed by atoms with Crippen LogP contribution in [0.25, 0.3) is 11.2 Å². The number of ether oxygens (including phenoxy) is 1. The summed E-state index contributed by atoms with van der Waals surface area (Å²) in [5, 5.41) is 2.84. The molecule has 3 aromatic rings. The first-order valence-electron chi connectivity index (χ1n) is 11.2. The lowest BCUT2D eigenvalue weighted by molar-refractivity contribution is 0.102. The predicted molar refractivity (Wildman–Crippen MR) is 124 cm³/mol. The Labute approximate surface area is 192 Å². The number of pyridine rings is 1. The van der Waals surface area contributed by atoms with Crippen LogP contribution >= 0.6 is 0 Å². The number of benzene rings is 1. The molecule has 2 N–H and O–H groups in total. The molecule has 0 bridgehead atoms. The highest BCUT2D eigenvalue weighted by molar-refractivity contribution is 7.89. The number of nitrogens with one attached hydrogen (secondary N) is 2. The fourth-order valence-electron chi connectivity index (χ4n) is 4.22. The van der Waals surface area contributed by atoms with Crippen LogP contribution in [-0.2, 0) is 23.0 Å². The third kappa shape index (κ3) is 4.32. The molecule has 10 heteroatoms. The molecular weight excluding hydrogens is 442 g/mol. The van der Waals surface area contributed by atoms with Crippen molar-refractivity contribution in [1.82, 2.24) is 19.3 Å². The SMILES string of the molecule is COc1ccc(S(=O)(=O)NC2CC2)cc1NC(=O)c1cc(C)nc2c1nc1n2CCCCC1. The first-order chi connectivity index (χ1) is 15.9. The standard InChI is InChI=1S/C23H27N5O4S/c1-14-12-17(21-22(24-14)28-11-5-3-4-6-20(28)26-21)23(29)25-18-13-16(9-10-19(18)32-2)33(30,31)27-15-7-8-15/h9-10,12-13,15,27H,3-8,11H2,1-2H3,(H,25,29). The summed E-state index contributed by atoms with van der Waals surface area (Å²) in [5.74, 6) is 0.935. The lowest BCUT2D eigenvalue weighted by atomic mass is 10.1. The van der Waals surface area contributed by atoms with Gasteiger partial charge in [-0.3, -0.25) is 4.79 Å². The van der Waals surface area contributed by atoms with Crippen LogP contribution in [-0.4, -0.2) is 42.0 Å². The van der Waals surface area contributed by atoms with Gasteiger partial charge in [-0.2, -0.15) is 0 Å². The van der Waals surface area contributed by atoms with Crippen molar-refractivity contribution in [3.63, 3.8) is 0 Å². The molecule has 0 saturated heterocycles. The summed E-state index contributed by atoms with van der Waals surface area (Å²) >= 11 is 0. The van der Waals surface area contributed by atoms with E-state index in [4.69, 9.17) is 9.72 Å². The Balaban J connectivity index is 1.51. The average Bonchev–Trinajstić information content (AvgIpc) is 3.56. The molecule has 2 aromatic heterocycles. The van der Waals surface area contributed by atoms with E-state index in [1.165, 1.54) is 19.2 Å². The third-order valence-electron chi connectivity index (χ3n) is 6.07. The van der Waals surface area contributed by atoms with Gasteiger partial charge >= 0.3 is 0 Å². The lowest BCUT2D eigenvalue weighted by Crippen LogP contribution is -2.26. The van der Waals surface area contributed by atoms with Crippen molar-refractivity contribution < 1.29 is 17.9 Å². The number of fused-ring (bicyclic) bond motifs is 3. The Morgan fingerprint density at radius 2 is 1.97 bits per heavy atom. The van der Waals surface area contributed by atoms with Gasteiger partial charge in [0.25, 0.3) is 5.91 Å². The summed E-state index contributed by atoms with van der Waals surface area (Å²) in [4.78, 5) is 22.9. The molecule has 33 heavy (non-hydrogen) atoms. The van der Waals surface area contributed by atoms with E-state index in [0.717, 1.165) is 56.6 Å². The van der Waals surface area contributed by atoms with Gasteiger partial charge in [0.05, 0.1) is 23.3 Å². The molecule has 0 unspecified atom stereocenters. The van der Waals surface area contributed by atoms with E-state index in [0.29, 0.717) is 22.5 Å². The van der Waals surface area contributed by atoms with Crippen molar-refractivity contribution >= 4 is 32.8 Å². The molecule has 0 atom stereocenters. The quantitative estimate of drug-likeness (QED) is 0.573. The minimum absolute atomic E-state index is 0.0145. The number of carbonyl (C=O) groups is 1. The highest BCUT2D eigenvalue weighted by atomic mass is 32.2. The van der Waals surface area contributed by atoms with Gasteiger partial charge in [-0.15, -0.1) is 0 Å². The summed E-state index contributed by atoms with van der Waals surface area (Å²) in [6.07, 6.45) is 5.81. The number of hydrogen-bond donors (Lipinski definition) is 2. The van der Waals surface area contributed by atoms with E-state index >= 15 is 0 Å². The zero-order chi connectivity index (χ0) is 23.2. The second-order valence-electron chi connectivity index (χ2n) is 8.69. The molecule has 2 aliphatic rings. The molecular formula is C23H27N5O4S. The lowest BCUT2D eigenvalue weighted by Gasteiger charge is -2.13. The maximum atomic E-state index is 13.4. The van der Waals surface area contributed by atoms with Gasteiger partial charge in [0.15, 0.2) is 5.65 Å². The van der Waals surface area contributed by atoms with E-state index in [9.17, 15) is 13.2 Å². The van der Waals surface area contributed by atoms with Crippen LogP contribution in [0.3, 0.4) is 0 Å². The van der Waals surface area contributed by atoms with Gasteiger partial charge < -0.3 is 14.6 Å². The van der Waals surface area contributed by atoms with Crippen molar-refractivity contribution in [2.24, 2.45) is 0 Å². The van der Waals surface area contributed by atoms with E-state index < -0.39 is 10.0 Å². The normalized spacial score (nSPS) is 16.3. The van der Waals surface area contributed by atoms with Crippen molar-refractivity contribution in [2.45, 2.75) is 62.9 Å². The molecule has 1 fully saturated rings. The van der Waals surface area contributed by atoms with Gasteiger partial charge in [0.1, 0.15) is 17.1 Å². The molecule has 1 aliphatic heterocycles. The summed E-state index contributed by atoms with van der Waals surface area (Å²) in [7, 11) is -2.20. The first-order valence-corrected chi connectivity index (χ1v) is 12.7. The maximum Gasteiger partial charge on any atom is 0.258 e. The van der Waals surface area contributed by atoms with E-state index in [1.807, 2.05) is 6.92 Å². The fraction of sp³-hybridized carbons (Fsp3) is 0.435. The summed E-state index contributed by atoms with van der Waals surface area (Å²) in [6.45, 7) is 2.69. The van der Waals surface area contributed by atoms with Crippen LogP contribution < -0.4 is 14.8 Å². The predicted octanol–water partition coefficient (Wildman–Crippen LogP) is 3.17. The number of methoxy groups -OCH3 is 1. The maximum absolute atomic E-state index is 13.4. The summed E-state index contributed by atoms with van der Waals surface area (Å²) in [5.41, 5.74) is 2.69. The number of nitrogens with zero attached hydrogens (tertiary/aromatic N) is 3. The topological polar surface area (TPSA) is 115 Å². The smallest absolute Gasteiger partial charge is 0.258 e. The molecule has 1 saturated carbocycles. The number of aryl methyl sites for hydroxylation is 3. The first kappa shape index (κ1) is 21.8. The molecule has 1 amide bonds. The number of imidazole rings is 1. The van der Waals surface area contributed by atoms with Crippen LogP contribution in [0.2, 0.25) is 0 Å². The van der Waals surface area contributed by atoms with Crippen molar-refractivity contribution in [3.05, 3.63) is 41.3 Å². The van der Waals surface area contributed by atoms with E-state index in [1.54, 1.807) is 12.1 Å². The average molecular weight is 470 g/mol. The van der Waals surface area contributed by atoms with Crippen molar-refractivity contribution in [3.8, 4) is 5.75 Å². The number of hydrogen-bond acceptors (Lipinski definition) is 6. The minimum atomic E-state index is -3.67. The van der Waals surface area contributed by atoms with Crippen LogP contribution in [0.1, 0.15) is 54.0 Å². The number of aromatic nitrogens is 3. The number of carbonyl (C=O) groups excluding carboxylic acids is 1. The number of rotatable bonds is 6. The van der Waals surface area contributed by atoms with Gasteiger partial charge in [-0.05, 0) is 56.9 Å². The second kappa shape index (κ2) is 8.42. The second-order valence-corrected chi connectivity index (χ2v) is 10.4. The number of sulfonamides is 1. The van der Waals surface area contributed by atoms with E-state index in [2.05, 4.69) is 19.6 Å². The molecule has 5 rings (SSSR count). The Bertz CT molecular complexity index is 1340. The molecule has 0 spiro atoms. The van der Waals surface area contributed by atoms with Gasteiger partial charge in [0, 0.05) is 24.7 Å². The zero-order valence-corrected chi connectivity index (χ0v) is 19.5. The largest absolute Gasteiger partial charge is 0.495 e. The molecule has 9 nitrogen and oxygen atoms in total. The molecule has 0 radical (unpaired) electrons. The van der Waals surface area contributed by atoms with Crippen LogP contribution in [0.4, 0.5) is 5.69 Å². The van der Waals surface area contributed by atoms with Crippen LogP contribution in [0.5, 0.6) is 5.75 Å². The zero-order valence-electron chi connectivity index (χ0n) is 18.7. The molecule has 174 valence electrons. The molecule has 1 aliphatic carbocycles. The fourth-order valence-corrected chi connectivity index (χ4v) is 5.55. The third-order valence-corrected chi connectivity index (χ3v) is 7.58. The minimum Gasteiger partial charge on any atom is -0.495 e. The van der Waals surface area contributed by atoms with Gasteiger partial charge in [-0.1, -0.05) is 6.42 Å². The Hall–Kier alpha value is -2.98. The summed E-state index contributed by atoms with van der Waals surface area (Å²) < 4.78 is 35.5. The Morgan fingerprint density at radius 3 is 2.73 bits per heavy atom. The van der Waals surface area contributed by atoms with Gasteiger partial charge in [-0.25, -0.2) is 23.1 Å². The van der Waals surface area contributed by atoms with Crippen molar-refractivity contribution in [2.75, 3.05) is 12.4 Å². The number of amides is 1. The van der Waals surface area contributed by atoms with Gasteiger partial charge in [0.2, 0.25) is 10.0 Å². The number of anilines is 1. The van der Waals surface area contributed by atoms with E-state index in [-0.39, 0.29) is 22.5 Å². The monoisotopic (exact) mass is 469 g/mol. The Kier molecular flexibility index (Phi) is 5.57. The Morgan fingerprint density at radius 1 is 1.15 bits per heavy atom. The van der Waals surface area contributed by atoms with Crippen LogP contribution in [0, 0.1) is 6.92 Å². The van der Waals surface area contributed by atoms with Crippen molar-refractivity contribution in [1.29, 1.82) is 0 Å². The highest BCUT2D eigenvalue weighted by Crippen LogP contribution is 2.31. The molecule has 1 aromatic carbocycles. The summed E-state index contributed by atoms with van der Waals surface area (Å²) in [6, 6.07) is 6.14. The molecule has 3 heterocycles. The highest BCUT2D eigenvalue weighted by Gasteiger charge is 2.29.